The summed E-state index contributed by atoms with van der Waals surface area (Å²) < 4.78 is 5.92. The van der Waals surface area contributed by atoms with E-state index < -0.39 is 11.0 Å². The zero-order valence-corrected chi connectivity index (χ0v) is 16.4. The van der Waals surface area contributed by atoms with Crippen molar-refractivity contribution in [3.05, 3.63) is 41.0 Å². The Hall–Kier alpha value is -1.94. The van der Waals surface area contributed by atoms with Gasteiger partial charge in [0.15, 0.2) is 11.4 Å². The number of nitrogens with two attached hydrogens (primary N) is 1. The zero-order valence-electron chi connectivity index (χ0n) is 16.4. The molecule has 1 atom stereocenters. The van der Waals surface area contributed by atoms with Crippen LogP contribution in [0, 0.1) is 11.3 Å². The van der Waals surface area contributed by atoms with Crippen molar-refractivity contribution in [3.8, 4) is 0 Å². The molecule has 4 heteroatoms. The lowest BCUT2D eigenvalue weighted by Gasteiger charge is -2.42. The van der Waals surface area contributed by atoms with Crippen LogP contribution in [0.4, 0.5) is 0 Å². The van der Waals surface area contributed by atoms with Crippen LogP contribution in [0.2, 0.25) is 0 Å². The van der Waals surface area contributed by atoms with E-state index in [1.807, 2.05) is 52.0 Å². The molecular weight excluding hydrogens is 312 g/mol. The molecule has 0 saturated carbocycles. The van der Waals surface area contributed by atoms with E-state index >= 15 is 0 Å². The fraction of sp³-hybridized carbons (Fsp3) is 0.524. The number of carbonyl (C=O) groups is 1. The molecule has 1 aliphatic heterocycles. The first kappa shape index (κ1) is 19.4. The molecule has 1 heterocycles. The molecule has 1 aromatic carbocycles. The van der Waals surface area contributed by atoms with Crippen molar-refractivity contribution < 1.29 is 9.53 Å². The second kappa shape index (κ2) is 6.75. The lowest BCUT2D eigenvalue weighted by molar-refractivity contribution is 0.00500. The van der Waals surface area contributed by atoms with E-state index in [0.29, 0.717) is 23.7 Å². The largest absolute Gasteiger partial charge is 0.386 e. The molecule has 0 saturated heterocycles. The maximum Gasteiger partial charge on any atom is 0.199 e. The van der Waals surface area contributed by atoms with Gasteiger partial charge in [-0.3, -0.25) is 4.79 Å². The summed E-state index contributed by atoms with van der Waals surface area (Å²) in [6, 6.07) is 7.60. The van der Waals surface area contributed by atoms with Gasteiger partial charge in [-0.05, 0) is 26.2 Å². The second-order valence-corrected chi connectivity index (χ2v) is 7.35. The van der Waals surface area contributed by atoms with Gasteiger partial charge in [-0.25, -0.2) is 4.99 Å². The van der Waals surface area contributed by atoms with Crippen LogP contribution in [0.25, 0.3) is 5.70 Å². The highest BCUT2D eigenvalue weighted by Crippen LogP contribution is 2.53. The van der Waals surface area contributed by atoms with Crippen molar-refractivity contribution in [1.82, 2.24) is 0 Å². The molecule has 1 unspecified atom stereocenters. The predicted molar refractivity (Wildman–Crippen MR) is 104 cm³/mol. The van der Waals surface area contributed by atoms with Gasteiger partial charge in [0.25, 0.3) is 0 Å². The van der Waals surface area contributed by atoms with Crippen LogP contribution in [-0.2, 0) is 4.74 Å². The normalized spacial score (nSPS) is 23.7. The number of methoxy groups -OCH3 is 1. The number of amidine groups is 1. The number of Topliss-reactive ketones (excluding diaryl/α,β-unsaturated/α-hetero) is 1. The van der Waals surface area contributed by atoms with Crippen molar-refractivity contribution in [3.63, 3.8) is 0 Å². The van der Waals surface area contributed by atoms with E-state index in [4.69, 9.17) is 10.5 Å². The molecule has 0 bridgehead atoms. The van der Waals surface area contributed by atoms with Gasteiger partial charge in [0.2, 0.25) is 0 Å². The third-order valence-corrected chi connectivity index (χ3v) is 4.98. The summed E-state index contributed by atoms with van der Waals surface area (Å²) in [4.78, 5) is 18.0. The number of ether oxygens (including phenoxy) is 1. The van der Waals surface area contributed by atoms with Crippen LogP contribution in [0.15, 0.2) is 34.8 Å². The molecule has 0 radical (unpaired) electrons. The molecule has 0 fully saturated rings. The van der Waals surface area contributed by atoms with Crippen LogP contribution in [0.1, 0.15) is 63.9 Å². The van der Waals surface area contributed by atoms with Crippen molar-refractivity contribution in [2.24, 2.45) is 22.1 Å². The third-order valence-electron chi connectivity index (χ3n) is 4.98. The standard InChI is InChI=1S/C19H24N2O2.C2H6/c1-11(2)10-19(23-5)15-14(21-17(20)18(15,3)4)12-8-6-7-9-13(12)16(19)22;1-2/h6-9,11H,10H2,1-5H3,(H2,20,21);1-2H3. The van der Waals surface area contributed by atoms with Gasteiger partial charge in [0, 0.05) is 29.2 Å². The Morgan fingerprint density at radius 3 is 2.24 bits per heavy atom. The molecule has 3 rings (SSSR count). The maximum absolute atomic E-state index is 13.4. The first-order valence-electron chi connectivity index (χ1n) is 9.05. The first-order valence-corrected chi connectivity index (χ1v) is 9.05. The quantitative estimate of drug-likeness (QED) is 0.882. The van der Waals surface area contributed by atoms with Crippen molar-refractivity contribution in [2.75, 3.05) is 7.11 Å². The molecule has 25 heavy (non-hydrogen) atoms. The summed E-state index contributed by atoms with van der Waals surface area (Å²) >= 11 is 0. The number of aliphatic imine (C=N–C) groups is 1. The Morgan fingerprint density at radius 2 is 1.72 bits per heavy atom. The van der Waals surface area contributed by atoms with Crippen molar-refractivity contribution >= 4 is 17.3 Å². The van der Waals surface area contributed by atoms with Crippen molar-refractivity contribution in [1.29, 1.82) is 0 Å². The van der Waals surface area contributed by atoms with E-state index in [1.54, 1.807) is 7.11 Å². The minimum Gasteiger partial charge on any atom is -0.386 e. The van der Waals surface area contributed by atoms with E-state index in [9.17, 15) is 4.79 Å². The highest BCUT2D eigenvalue weighted by Gasteiger charge is 2.56. The lowest BCUT2D eigenvalue weighted by atomic mass is 9.65. The van der Waals surface area contributed by atoms with E-state index in [2.05, 4.69) is 18.8 Å². The van der Waals surface area contributed by atoms with Crippen LogP contribution >= 0.6 is 0 Å². The maximum atomic E-state index is 13.4. The average molecular weight is 342 g/mol. The average Bonchev–Trinajstić information content (AvgIpc) is 2.83. The number of carbonyl (C=O) groups excluding carboxylic acids is 1. The van der Waals surface area contributed by atoms with Crippen LogP contribution in [0.5, 0.6) is 0 Å². The summed E-state index contributed by atoms with van der Waals surface area (Å²) in [5.41, 5.74) is 7.98. The van der Waals surface area contributed by atoms with Gasteiger partial charge in [0.05, 0.1) is 5.70 Å². The fourth-order valence-corrected chi connectivity index (χ4v) is 3.90. The molecule has 2 aliphatic rings. The molecule has 2 N–H and O–H groups in total. The Balaban J connectivity index is 0.00000109. The molecule has 0 aromatic heterocycles. The highest BCUT2D eigenvalue weighted by molar-refractivity contribution is 6.16. The Labute approximate surface area is 151 Å². The molecule has 0 spiro atoms. The number of benzene rings is 1. The summed E-state index contributed by atoms with van der Waals surface area (Å²) in [5.74, 6) is 0.855. The number of nitrogens with zero attached hydrogens (tertiary/aromatic N) is 1. The van der Waals surface area contributed by atoms with E-state index in [0.717, 1.165) is 16.8 Å². The fourth-order valence-electron chi connectivity index (χ4n) is 3.90. The van der Waals surface area contributed by atoms with Crippen LogP contribution in [0.3, 0.4) is 0 Å². The van der Waals surface area contributed by atoms with Gasteiger partial charge in [-0.15, -0.1) is 0 Å². The van der Waals surface area contributed by atoms with Gasteiger partial charge in [0.1, 0.15) is 5.84 Å². The number of ketones is 1. The first-order chi connectivity index (χ1) is 11.8. The van der Waals surface area contributed by atoms with Crippen LogP contribution in [-0.4, -0.2) is 24.3 Å². The Bertz CT molecular complexity index is 744. The Kier molecular flexibility index (Phi) is 5.24. The van der Waals surface area contributed by atoms with Gasteiger partial charge in [-0.2, -0.15) is 0 Å². The zero-order chi connectivity index (χ0) is 19.0. The van der Waals surface area contributed by atoms with Gasteiger partial charge < -0.3 is 10.5 Å². The summed E-state index contributed by atoms with van der Waals surface area (Å²) in [6.45, 7) is 12.2. The monoisotopic (exact) mass is 342 g/mol. The van der Waals surface area contributed by atoms with Gasteiger partial charge in [-0.1, -0.05) is 52.0 Å². The lowest BCUT2D eigenvalue weighted by Crippen LogP contribution is -2.51. The van der Waals surface area contributed by atoms with E-state index in [-0.39, 0.29) is 5.78 Å². The van der Waals surface area contributed by atoms with Gasteiger partial charge >= 0.3 is 0 Å². The second-order valence-electron chi connectivity index (χ2n) is 7.35. The summed E-state index contributed by atoms with van der Waals surface area (Å²) in [5, 5.41) is 0. The number of hydrogen-bond acceptors (Lipinski definition) is 4. The summed E-state index contributed by atoms with van der Waals surface area (Å²) in [6.07, 6.45) is 0.613. The molecule has 1 aromatic rings. The summed E-state index contributed by atoms with van der Waals surface area (Å²) in [7, 11) is 1.61. The molecule has 1 aliphatic carbocycles. The Morgan fingerprint density at radius 1 is 1.16 bits per heavy atom. The third kappa shape index (κ3) is 2.73. The van der Waals surface area contributed by atoms with Crippen LogP contribution < -0.4 is 5.73 Å². The topological polar surface area (TPSA) is 64.7 Å². The smallest absolute Gasteiger partial charge is 0.199 e. The highest BCUT2D eigenvalue weighted by atomic mass is 16.5. The number of hydrogen-bond donors (Lipinski definition) is 1. The minimum absolute atomic E-state index is 0.0148. The molecule has 0 amide bonds. The SMILES string of the molecule is CC.COC1(CC(C)C)C(=O)c2ccccc2C2=C1C(C)(C)C(N)=N2. The molecular formula is C21H30N2O2. The molecule has 136 valence electrons. The number of fused-ring (bicyclic) bond motifs is 2. The molecule has 4 nitrogen and oxygen atoms in total. The minimum atomic E-state index is -0.994. The number of rotatable bonds is 3. The van der Waals surface area contributed by atoms with E-state index in [1.165, 1.54) is 0 Å². The predicted octanol–water partition coefficient (Wildman–Crippen LogP) is 4.45. The van der Waals surface area contributed by atoms with Crippen molar-refractivity contribution in [2.45, 2.75) is 53.6 Å².